The maximum Gasteiger partial charge on any atom is 0.311 e. The van der Waals surface area contributed by atoms with Crippen molar-refractivity contribution in [2.45, 2.75) is 58.9 Å². The summed E-state index contributed by atoms with van der Waals surface area (Å²) in [7, 11) is 0. The Labute approximate surface area is 113 Å². The highest BCUT2D eigenvalue weighted by atomic mass is 16.4. The largest absolute Gasteiger partial charge is 0.481 e. The normalized spacial score (nSPS) is 19.5. The van der Waals surface area contributed by atoms with Crippen LogP contribution in [0, 0.1) is 11.3 Å². The number of aliphatic carboxylic acids is 1. The summed E-state index contributed by atoms with van der Waals surface area (Å²) in [5.74, 6) is 0.688. The number of rotatable bonds is 6. The number of aromatic nitrogens is 4. The highest BCUT2D eigenvalue weighted by Gasteiger charge is 2.33. The average molecular weight is 266 g/mol. The zero-order chi connectivity index (χ0) is 13.9. The van der Waals surface area contributed by atoms with Crippen LogP contribution in [0.25, 0.3) is 0 Å². The number of tetrazole rings is 1. The molecule has 0 aliphatic heterocycles. The van der Waals surface area contributed by atoms with Crippen molar-refractivity contribution < 1.29 is 9.90 Å². The minimum atomic E-state index is -0.806. The Morgan fingerprint density at radius 2 is 2.16 bits per heavy atom. The van der Waals surface area contributed by atoms with Crippen molar-refractivity contribution in [3.05, 3.63) is 5.82 Å². The van der Waals surface area contributed by atoms with Crippen LogP contribution < -0.4 is 0 Å². The van der Waals surface area contributed by atoms with E-state index in [2.05, 4.69) is 15.5 Å². The van der Waals surface area contributed by atoms with Crippen LogP contribution in [0.5, 0.6) is 0 Å². The summed E-state index contributed by atoms with van der Waals surface area (Å²) in [6.07, 6.45) is 6.47. The van der Waals surface area contributed by atoms with Gasteiger partial charge in [-0.1, -0.05) is 32.6 Å². The van der Waals surface area contributed by atoms with Gasteiger partial charge in [0.05, 0.1) is 12.0 Å². The minimum absolute atomic E-state index is 0.341. The van der Waals surface area contributed by atoms with Crippen molar-refractivity contribution in [2.24, 2.45) is 11.3 Å². The Kier molecular flexibility index (Phi) is 4.17. The molecule has 0 bridgehead atoms. The molecule has 106 valence electrons. The predicted molar refractivity (Wildman–Crippen MR) is 69.5 cm³/mol. The number of carboxylic acids is 1. The van der Waals surface area contributed by atoms with E-state index >= 15 is 0 Å². The van der Waals surface area contributed by atoms with Gasteiger partial charge in [-0.15, -0.1) is 5.10 Å². The van der Waals surface area contributed by atoms with Crippen LogP contribution in [0.3, 0.4) is 0 Å². The molecule has 6 nitrogen and oxygen atoms in total. The second kappa shape index (κ2) is 5.67. The maximum absolute atomic E-state index is 11.4. The van der Waals surface area contributed by atoms with Crippen molar-refractivity contribution in [1.82, 2.24) is 20.2 Å². The molecule has 19 heavy (non-hydrogen) atoms. The third-order valence-electron chi connectivity index (χ3n) is 4.35. The van der Waals surface area contributed by atoms with Crippen LogP contribution in [0.15, 0.2) is 0 Å². The van der Waals surface area contributed by atoms with Crippen molar-refractivity contribution in [3.8, 4) is 0 Å². The zero-order valence-corrected chi connectivity index (χ0v) is 11.7. The van der Waals surface area contributed by atoms with Crippen molar-refractivity contribution in [2.75, 3.05) is 0 Å². The van der Waals surface area contributed by atoms with Crippen LogP contribution in [-0.2, 0) is 17.8 Å². The molecular weight excluding hydrogens is 244 g/mol. The lowest BCUT2D eigenvalue weighted by Gasteiger charge is -2.23. The van der Waals surface area contributed by atoms with Gasteiger partial charge >= 0.3 is 5.97 Å². The minimum Gasteiger partial charge on any atom is -0.481 e. The van der Waals surface area contributed by atoms with E-state index in [4.69, 9.17) is 0 Å². The molecule has 1 saturated carbocycles. The Balaban J connectivity index is 2.08. The van der Waals surface area contributed by atoms with E-state index in [1.807, 2.05) is 6.92 Å². The molecule has 1 aliphatic rings. The fourth-order valence-corrected chi connectivity index (χ4v) is 2.63. The Morgan fingerprint density at radius 1 is 1.47 bits per heavy atom. The van der Waals surface area contributed by atoms with E-state index in [9.17, 15) is 9.90 Å². The number of hydrogen-bond donors (Lipinski definition) is 1. The lowest BCUT2D eigenvalue weighted by atomic mass is 9.87. The van der Waals surface area contributed by atoms with Gasteiger partial charge in [-0.25, -0.2) is 4.68 Å². The van der Waals surface area contributed by atoms with Gasteiger partial charge in [0.1, 0.15) is 0 Å². The first-order valence-electron chi connectivity index (χ1n) is 7.03. The Morgan fingerprint density at radius 3 is 2.74 bits per heavy atom. The SMILES string of the molecule is CCC(C)(Cn1nnnc1CC1CCCC1)C(=O)O. The van der Waals surface area contributed by atoms with Gasteiger partial charge < -0.3 is 5.11 Å². The Hall–Kier alpha value is -1.46. The zero-order valence-electron chi connectivity index (χ0n) is 11.7. The third-order valence-corrected chi connectivity index (χ3v) is 4.35. The monoisotopic (exact) mass is 266 g/mol. The quantitative estimate of drug-likeness (QED) is 0.850. The van der Waals surface area contributed by atoms with Gasteiger partial charge in [0.2, 0.25) is 0 Å². The van der Waals surface area contributed by atoms with Crippen molar-refractivity contribution in [1.29, 1.82) is 0 Å². The lowest BCUT2D eigenvalue weighted by Crippen LogP contribution is -2.33. The number of carbonyl (C=O) groups is 1. The fourth-order valence-electron chi connectivity index (χ4n) is 2.63. The van der Waals surface area contributed by atoms with E-state index in [0.717, 1.165) is 12.2 Å². The van der Waals surface area contributed by atoms with Gasteiger partial charge in [-0.2, -0.15) is 0 Å². The molecule has 1 aromatic rings. The molecule has 1 aromatic heterocycles. The van der Waals surface area contributed by atoms with Crippen LogP contribution in [0.2, 0.25) is 0 Å². The summed E-state index contributed by atoms with van der Waals surface area (Å²) in [6, 6.07) is 0. The second-order valence-corrected chi connectivity index (χ2v) is 5.83. The predicted octanol–water partition coefficient (Wildman–Crippen LogP) is 1.91. The number of nitrogens with zero attached hydrogens (tertiary/aromatic N) is 4. The highest BCUT2D eigenvalue weighted by Crippen LogP contribution is 2.28. The summed E-state index contributed by atoms with van der Waals surface area (Å²) in [5, 5.41) is 21.1. The number of hydrogen-bond acceptors (Lipinski definition) is 4. The molecule has 0 saturated heterocycles. The molecule has 2 rings (SSSR count). The van der Waals surface area contributed by atoms with Crippen molar-refractivity contribution in [3.63, 3.8) is 0 Å². The molecule has 1 unspecified atom stereocenters. The first-order valence-corrected chi connectivity index (χ1v) is 7.03. The molecule has 0 amide bonds. The summed E-state index contributed by atoms with van der Waals surface area (Å²) in [6.45, 7) is 3.97. The number of carboxylic acid groups (broad SMARTS) is 1. The molecule has 0 spiro atoms. The topological polar surface area (TPSA) is 80.9 Å². The maximum atomic E-state index is 11.4. The fraction of sp³-hybridized carbons (Fsp3) is 0.846. The van der Waals surface area contributed by atoms with Gasteiger partial charge in [-0.05, 0) is 29.7 Å². The van der Waals surface area contributed by atoms with E-state index in [0.29, 0.717) is 18.9 Å². The average Bonchev–Trinajstić information content (AvgIpc) is 3.02. The molecule has 6 heteroatoms. The summed E-state index contributed by atoms with van der Waals surface area (Å²) >= 11 is 0. The summed E-state index contributed by atoms with van der Waals surface area (Å²) in [5.41, 5.74) is -0.806. The molecular formula is C13H22N4O2. The van der Waals surface area contributed by atoms with E-state index in [1.54, 1.807) is 11.6 Å². The van der Waals surface area contributed by atoms with Gasteiger partial charge in [0, 0.05) is 6.42 Å². The smallest absolute Gasteiger partial charge is 0.311 e. The van der Waals surface area contributed by atoms with Crippen molar-refractivity contribution >= 4 is 5.97 Å². The van der Waals surface area contributed by atoms with Crippen LogP contribution in [-0.4, -0.2) is 31.3 Å². The van der Waals surface area contributed by atoms with Gasteiger partial charge in [0.25, 0.3) is 0 Å². The first kappa shape index (κ1) is 14.0. The van der Waals surface area contributed by atoms with Gasteiger partial charge in [-0.3, -0.25) is 4.79 Å². The standard InChI is InChI=1S/C13H22N4O2/c1-3-13(2,12(18)19)9-17-11(14-15-16-17)8-10-6-4-5-7-10/h10H,3-9H2,1-2H3,(H,18,19). The van der Waals surface area contributed by atoms with Crippen LogP contribution >= 0.6 is 0 Å². The molecule has 1 N–H and O–H groups in total. The molecule has 0 aromatic carbocycles. The van der Waals surface area contributed by atoms with Crippen LogP contribution in [0.1, 0.15) is 51.8 Å². The lowest BCUT2D eigenvalue weighted by molar-refractivity contribution is -0.149. The van der Waals surface area contributed by atoms with Crippen LogP contribution in [0.4, 0.5) is 0 Å². The van der Waals surface area contributed by atoms with E-state index in [1.165, 1.54) is 25.7 Å². The summed E-state index contributed by atoms with van der Waals surface area (Å²) in [4.78, 5) is 11.4. The molecule has 0 radical (unpaired) electrons. The van der Waals surface area contributed by atoms with E-state index < -0.39 is 11.4 Å². The van der Waals surface area contributed by atoms with E-state index in [-0.39, 0.29) is 0 Å². The Bertz CT molecular complexity index is 440. The molecule has 1 atom stereocenters. The molecule has 1 fully saturated rings. The third kappa shape index (κ3) is 3.11. The molecule has 1 aliphatic carbocycles. The summed E-state index contributed by atoms with van der Waals surface area (Å²) < 4.78 is 1.68. The molecule has 1 heterocycles. The highest BCUT2D eigenvalue weighted by molar-refractivity contribution is 5.73. The second-order valence-electron chi connectivity index (χ2n) is 5.83. The first-order chi connectivity index (χ1) is 9.05. The van der Waals surface area contributed by atoms with Gasteiger partial charge in [0.15, 0.2) is 5.82 Å².